The molecule has 0 saturated carbocycles. The number of imidazole rings is 1. The fourth-order valence-electron chi connectivity index (χ4n) is 5.06. The van der Waals surface area contributed by atoms with Gasteiger partial charge in [0, 0.05) is 43.5 Å². The van der Waals surface area contributed by atoms with Gasteiger partial charge in [-0.2, -0.15) is 4.31 Å². The second-order valence-corrected chi connectivity index (χ2v) is 19.8. The average Bonchev–Trinajstić information content (AvgIpc) is 3.64. The second-order valence-electron chi connectivity index (χ2n) is 14.4. The largest absolute Gasteiger partial charge is 0.481 e. The van der Waals surface area contributed by atoms with Crippen LogP contribution in [0.15, 0.2) is 12.7 Å². The van der Waals surface area contributed by atoms with E-state index < -0.39 is 84.6 Å². The first-order valence-electron chi connectivity index (χ1n) is 17.1. The van der Waals surface area contributed by atoms with Crippen molar-refractivity contribution in [3.63, 3.8) is 0 Å². The number of hydrogen-bond donors (Lipinski definition) is 9. The normalized spacial score (nSPS) is 21.8. The van der Waals surface area contributed by atoms with Crippen LogP contribution in [-0.2, 0) is 50.7 Å². The number of aliphatic hydroxyl groups is 2. The van der Waals surface area contributed by atoms with Gasteiger partial charge in [-0.1, -0.05) is 25.6 Å². The van der Waals surface area contributed by atoms with Crippen LogP contribution in [0.25, 0.3) is 11.2 Å². The van der Waals surface area contributed by atoms with Gasteiger partial charge in [-0.3, -0.25) is 32.5 Å². The number of rotatable bonds is 23. The number of carbonyl (C=O) groups excluding carboxylic acids is 3. The highest BCUT2D eigenvalue weighted by molar-refractivity contribution is 8.13. The molecule has 10 N–H and O–H groups in total. The van der Waals surface area contributed by atoms with Crippen molar-refractivity contribution < 1.29 is 85.0 Å². The number of fused-ring (bicyclic) bond motifs is 1. The third kappa shape index (κ3) is 15.9. The molecular weight excluding hydrogens is 845 g/mol. The Morgan fingerprint density at radius 3 is 2.35 bits per heavy atom. The number of carbonyl (C=O) groups is 3. The number of amides is 2. The topological polar surface area (TPSA) is 364 Å². The summed E-state index contributed by atoms with van der Waals surface area (Å²) >= 11 is 1.11. The van der Waals surface area contributed by atoms with E-state index in [1.165, 1.54) is 13.8 Å². The van der Waals surface area contributed by atoms with Gasteiger partial charge in [-0.05, 0) is 0 Å². The minimum Gasteiger partial charge on any atom is -0.386 e. The Labute approximate surface area is 331 Å². The molecular formula is C28H50N8O17P3S+. The molecule has 3 heterocycles. The number of aliphatic hydroxyl groups excluding tert-OH is 2. The zero-order chi connectivity index (χ0) is 43.0. The number of anilines is 1. The van der Waals surface area contributed by atoms with E-state index in [1.807, 2.05) is 21.1 Å². The summed E-state index contributed by atoms with van der Waals surface area (Å²) in [6.07, 6.45) is -5.72. The summed E-state index contributed by atoms with van der Waals surface area (Å²) in [6, 6.07) is 0. The summed E-state index contributed by atoms with van der Waals surface area (Å²) in [5.41, 5.74) is 4.27. The molecule has 0 spiro atoms. The van der Waals surface area contributed by atoms with Crippen molar-refractivity contribution in [1.29, 1.82) is 0 Å². The van der Waals surface area contributed by atoms with E-state index >= 15 is 0 Å². The van der Waals surface area contributed by atoms with Crippen molar-refractivity contribution in [2.75, 3.05) is 65.5 Å². The molecule has 0 aliphatic carbocycles. The summed E-state index contributed by atoms with van der Waals surface area (Å²) in [5.74, 6) is -1.07. The molecule has 2 amide bonds. The van der Waals surface area contributed by atoms with Gasteiger partial charge < -0.3 is 55.4 Å². The summed E-state index contributed by atoms with van der Waals surface area (Å²) < 4.78 is 62.9. The van der Waals surface area contributed by atoms with Crippen molar-refractivity contribution in [1.82, 2.24) is 30.2 Å². The van der Waals surface area contributed by atoms with E-state index in [1.54, 1.807) is 0 Å². The number of nitrogens with two attached hydrogens (primary N) is 1. The van der Waals surface area contributed by atoms with Crippen LogP contribution in [-0.4, -0.2) is 155 Å². The Bertz CT molecular complexity index is 1860. The molecule has 1 aliphatic heterocycles. The highest BCUT2D eigenvalue weighted by Crippen LogP contribution is 2.61. The predicted octanol–water partition coefficient (Wildman–Crippen LogP) is -0.849. The van der Waals surface area contributed by atoms with Crippen LogP contribution in [0.5, 0.6) is 0 Å². The van der Waals surface area contributed by atoms with Crippen LogP contribution >= 0.6 is 35.2 Å². The van der Waals surface area contributed by atoms with Crippen LogP contribution in [0.1, 0.15) is 39.3 Å². The Morgan fingerprint density at radius 1 is 1.04 bits per heavy atom. The van der Waals surface area contributed by atoms with Crippen molar-refractivity contribution >= 4 is 69.1 Å². The van der Waals surface area contributed by atoms with Crippen LogP contribution in [0.4, 0.5) is 5.82 Å². The SMILES string of the molecule is CC(C)(COP(=O)(O)OP(=O)(O)OCC1OC(n2cnc3c(N)ncnc32)C(O)C1OP(=O)(O)O)C(O)C(=O)NCCC(=O)NCCSC(=O)CCC[N+](C)(C)C. The summed E-state index contributed by atoms with van der Waals surface area (Å²) in [5, 5.41) is 26.4. The third-order valence-corrected chi connectivity index (χ3v) is 12.0. The number of nitrogen functional groups attached to an aromatic ring is 1. The zero-order valence-electron chi connectivity index (χ0n) is 31.6. The third-order valence-electron chi connectivity index (χ3n) is 7.97. The lowest BCUT2D eigenvalue weighted by Crippen LogP contribution is -2.46. The van der Waals surface area contributed by atoms with Crippen molar-refractivity contribution in [3.05, 3.63) is 12.7 Å². The Hall–Kier alpha value is -2.48. The first kappa shape index (κ1) is 48.9. The maximum atomic E-state index is 12.7. The molecule has 0 bridgehead atoms. The molecule has 1 aliphatic rings. The number of thioether (sulfide) groups is 1. The predicted molar refractivity (Wildman–Crippen MR) is 199 cm³/mol. The zero-order valence-corrected chi connectivity index (χ0v) is 35.1. The monoisotopic (exact) mass is 895 g/mol. The number of quaternary nitrogens is 1. The number of phosphoric acid groups is 3. The molecule has 25 nitrogen and oxygen atoms in total. The van der Waals surface area contributed by atoms with Crippen LogP contribution in [0.2, 0.25) is 0 Å². The quantitative estimate of drug-likeness (QED) is 0.0373. The lowest BCUT2D eigenvalue weighted by Gasteiger charge is -2.30. The second kappa shape index (κ2) is 20.2. The Kier molecular flexibility index (Phi) is 17.3. The van der Waals surface area contributed by atoms with Gasteiger partial charge in [-0.25, -0.2) is 28.6 Å². The summed E-state index contributed by atoms with van der Waals surface area (Å²) in [4.78, 5) is 87.7. The minimum atomic E-state index is -5.57. The maximum Gasteiger partial charge on any atom is 0.481 e. The molecule has 2 aromatic heterocycles. The fourth-order valence-corrected chi connectivity index (χ4v) is 8.61. The lowest BCUT2D eigenvalue weighted by atomic mass is 9.87. The molecule has 29 heteroatoms. The first-order valence-corrected chi connectivity index (χ1v) is 22.6. The molecule has 2 aromatic rings. The minimum absolute atomic E-state index is 0.0228. The van der Waals surface area contributed by atoms with Gasteiger partial charge in [0.2, 0.25) is 11.8 Å². The smallest absolute Gasteiger partial charge is 0.386 e. The number of nitrogens with zero attached hydrogens (tertiary/aromatic N) is 5. The van der Waals surface area contributed by atoms with E-state index in [0.717, 1.165) is 46.4 Å². The number of phosphoric ester groups is 3. The molecule has 7 atom stereocenters. The molecule has 7 unspecified atom stereocenters. The van der Waals surface area contributed by atoms with Gasteiger partial charge >= 0.3 is 23.5 Å². The standard InChI is InChI=1S/C28H49N8O17P3S/c1-28(2,23(40)26(41)31-9-8-18(37)30-10-12-57-19(38)7-6-11-36(3,4)5)14-50-56(47,48)53-55(45,46)49-13-17-22(52-54(42,43)44)21(39)27(51-17)35-16-34-20-24(29)32-15-33-25(20)35/h15-17,21-23,27,39-40H,6-14H2,1-5H3,(H7-,29,30,31,32,33,37,41,42,43,44,45,46,47,48)/p+1. The van der Waals surface area contributed by atoms with Gasteiger partial charge in [-0.15, -0.1) is 0 Å². The number of ether oxygens (including phenoxy) is 1. The number of nitrogens with one attached hydrogen (secondary N) is 2. The Balaban J connectivity index is 1.46. The average molecular weight is 896 g/mol. The van der Waals surface area contributed by atoms with E-state index in [-0.39, 0.29) is 41.6 Å². The van der Waals surface area contributed by atoms with Crippen LogP contribution in [0, 0.1) is 5.41 Å². The molecule has 1 saturated heterocycles. The molecule has 0 radical (unpaired) electrons. The van der Waals surface area contributed by atoms with Gasteiger partial charge in [0.1, 0.15) is 36.3 Å². The summed E-state index contributed by atoms with van der Waals surface area (Å²) in [6.45, 7) is 1.38. The highest BCUT2D eigenvalue weighted by atomic mass is 32.2. The van der Waals surface area contributed by atoms with E-state index in [0.29, 0.717) is 12.2 Å². The van der Waals surface area contributed by atoms with E-state index in [9.17, 15) is 57.9 Å². The van der Waals surface area contributed by atoms with Crippen molar-refractivity contribution in [2.24, 2.45) is 5.41 Å². The lowest BCUT2D eigenvalue weighted by molar-refractivity contribution is -0.870. The van der Waals surface area contributed by atoms with Crippen molar-refractivity contribution in [2.45, 2.75) is 63.8 Å². The molecule has 1 fully saturated rings. The Morgan fingerprint density at radius 2 is 1.70 bits per heavy atom. The van der Waals surface area contributed by atoms with Gasteiger partial charge in [0.05, 0.1) is 47.2 Å². The number of aromatic nitrogens is 4. The molecule has 0 aromatic carbocycles. The summed E-state index contributed by atoms with van der Waals surface area (Å²) in [7, 11) is -10.3. The molecule has 57 heavy (non-hydrogen) atoms. The maximum absolute atomic E-state index is 12.7. The van der Waals surface area contributed by atoms with Crippen LogP contribution < -0.4 is 16.4 Å². The first-order chi connectivity index (χ1) is 26.2. The van der Waals surface area contributed by atoms with Crippen molar-refractivity contribution in [3.8, 4) is 0 Å². The van der Waals surface area contributed by atoms with Gasteiger partial charge in [0.25, 0.3) is 0 Å². The van der Waals surface area contributed by atoms with E-state index in [4.69, 9.17) is 19.5 Å². The molecule has 324 valence electrons. The molecule has 3 rings (SSSR count). The number of hydrogen-bond acceptors (Lipinski definition) is 18. The highest BCUT2D eigenvalue weighted by Gasteiger charge is 2.50. The fraction of sp³-hybridized carbons (Fsp3) is 0.714. The van der Waals surface area contributed by atoms with E-state index in [2.05, 4.69) is 34.4 Å². The van der Waals surface area contributed by atoms with Crippen LogP contribution in [0.3, 0.4) is 0 Å². The van der Waals surface area contributed by atoms with Gasteiger partial charge in [0.15, 0.2) is 22.8 Å².